The molecule has 1 heterocycles. The number of hydrogen-bond donors (Lipinski definition) is 2. The maximum Gasteiger partial charge on any atom is 0.234 e. The first-order chi connectivity index (χ1) is 17.1. The lowest BCUT2D eigenvalue weighted by molar-refractivity contribution is -0.118. The van der Waals surface area contributed by atoms with E-state index in [4.69, 9.17) is 27.9 Å². The fourth-order valence-corrected chi connectivity index (χ4v) is 5.97. The minimum atomic E-state index is -0.516. The van der Waals surface area contributed by atoms with Crippen LogP contribution in [0.1, 0.15) is 38.2 Å². The van der Waals surface area contributed by atoms with Crippen molar-refractivity contribution in [1.82, 2.24) is 5.32 Å². The number of ether oxygens (including phenoxy) is 1. The van der Waals surface area contributed by atoms with Crippen LogP contribution < -0.4 is 15.4 Å². The lowest BCUT2D eigenvalue weighted by Crippen LogP contribution is -2.37. The van der Waals surface area contributed by atoms with Gasteiger partial charge in [-0.3, -0.25) is 9.59 Å². The molecule has 0 bridgehead atoms. The number of anilines is 1. The van der Waals surface area contributed by atoms with Gasteiger partial charge in [-0.25, -0.2) is 0 Å². The molecule has 1 unspecified atom stereocenters. The zero-order valence-corrected chi connectivity index (χ0v) is 22.4. The molecule has 2 aromatic carbocycles. The number of allylic oxidation sites excluding steroid dienone is 3. The van der Waals surface area contributed by atoms with Crippen LogP contribution in [0, 0.1) is 16.7 Å². The summed E-state index contributed by atoms with van der Waals surface area (Å²) in [5.41, 5.74) is 2.95. The quantitative estimate of drug-likeness (QED) is 0.437. The SMILES string of the molecule is COc1ccc(C2C(C#N)=C(SCC(=O)Nc3cc(Cl)cc(Cl)c3)NC3=C2C(=O)CC(C)(C)C3)cc1. The third-order valence-electron chi connectivity index (χ3n) is 6.07. The maximum absolute atomic E-state index is 13.3. The van der Waals surface area contributed by atoms with Crippen molar-refractivity contribution >= 4 is 52.3 Å². The number of thioether (sulfide) groups is 1. The van der Waals surface area contributed by atoms with Crippen molar-refractivity contribution in [3.8, 4) is 11.8 Å². The van der Waals surface area contributed by atoms with Crippen molar-refractivity contribution in [2.75, 3.05) is 18.2 Å². The molecule has 4 rings (SSSR count). The number of hydrogen-bond acceptors (Lipinski definition) is 6. The number of nitrogens with one attached hydrogen (secondary N) is 2. The van der Waals surface area contributed by atoms with Crippen LogP contribution in [0.25, 0.3) is 0 Å². The third-order valence-corrected chi connectivity index (χ3v) is 7.52. The average Bonchev–Trinajstić information content (AvgIpc) is 2.80. The summed E-state index contributed by atoms with van der Waals surface area (Å²) >= 11 is 13.3. The van der Waals surface area contributed by atoms with Crippen LogP contribution in [0.2, 0.25) is 10.0 Å². The van der Waals surface area contributed by atoms with Gasteiger partial charge in [-0.05, 0) is 47.7 Å². The lowest BCUT2D eigenvalue weighted by atomic mass is 9.69. The van der Waals surface area contributed by atoms with E-state index in [0.717, 1.165) is 11.3 Å². The van der Waals surface area contributed by atoms with E-state index < -0.39 is 5.92 Å². The first-order valence-corrected chi connectivity index (χ1v) is 13.0. The highest BCUT2D eigenvalue weighted by Crippen LogP contribution is 2.48. The fraction of sp³-hybridized carbons (Fsp3) is 0.296. The van der Waals surface area contributed by atoms with Crippen molar-refractivity contribution < 1.29 is 14.3 Å². The van der Waals surface area contributed by atoms with Gasteiger partial charge in [0.15, 0.2) is 5.78 Å². The molecule has 0 saturated carbocycles. The topological polar surface area (TPSA) is 91.2 Å². The van der Waals surface area contributed by atoms with Crippen molar-refractivity contribution in [3.63, 3.8) is 0 Å². The highest BCUT2D eigenvalue weighted by molar-refractivity contribution is 8.03. The van der Waals surface area contributed by atoms with Crippen LogP contribution in [0.3, 0.4) is 0 Å². The molecule has 1 amide bonds. The Bertz CT molecular complexity index is 1310. The smallest absolute Gasteiger partial charge is 0.234 e. The summed E-state index contributed by atoms with van der Waals surface area (Å²) in [6, 6.07) is 14.5. The first kappa shape index (κ1) is 26.2. The van der Waals surface area contributed by atoms with Crippen molar-refractivity contribution in [2.24, 2.45) is 5.41 Å². The Labute approximate surface area is 224 Å². The number of Topliss-reactive ketones (excluding diaryl/α,β-unsaturated/α-hetero) is 1. The van der Waals surface area contributed by atoms with Crippen molar-refractivity contribution in [3.05, 3.63) is 79.9 Å². The van der Waals surface area contributed by atoms with E-state index in [9.17, 15) is 14.9 Å². The van der Waals surface area contributed by atoms with Gasteiger partial charge >= 0.3 is 0 Å². The van der Waals surface area contributed by atoms with E-state index in [1.54, 1.807) is 25.3 Å². The summed E-state index contributed by atoms with van der Waals surface area (Å²) in [6.45, 7) is 4.11. The monoisotopic (exact) mass is 541 g/mol. The second kappa shape index (κ2) is 10.6. The van der Waals surface area contributed by atoms with Gasteiger partial charge in [0.25, 0.3) is 0 Å². The van der Waals surface area contributed by atoms with E-state index in [1.807, 2.05) is 24.3 Å². The number of carbonyl (C=O) groups is 2. The van der Waals surface area contributed by atoms with Gasteiger partial charge in [0.1, 0.15) is 5.75 Å². The summed E-state index contributed by atoms with van der Waals surface area (Å²) < 4.78 is 5.28. The summed E-state index contributed by atoms with van der Waals surface area (Å²) in [7, 11) is 1.59. The van der Waals surface area contributed by atoms with Crippen molar-refractivity contribution in [1.29, 1.82) is 5.26 Å². The zero-order valence-electron chi connectivity index (χ0n) is 20.1. The highest BCUT2D eigenvalue weighted by atomic mass is 35.5. The number of benzene rings is 2. The van der Waals surface area contributed by atoms with Gasteiger partial charge in [-0.2, -0.15) is 5.26 Å². The van der Waals surface area contributed by atoms with Crippen LogP contribution in [0.5, 0.6) is 5.75 Å². The Morgan fingerprint density at radius 1 is 1.19 bits per heavy atom. The molecule has 1 atom stereocenters. The molecule has 0 radical (unpaired) electrons. The van der Waals surface area contributed by atoms with E-state index >= 15 is 0 Å². The standard InChI is InChI=1S/C27H25Cl2N3O3S/c1-27(2)11-21-25(22(33)12-27)24(15-4-6-19(35-3)7-5-15)20(13-30)26(32-21)36-14-23(34)31-18-9-16(28)8-17(29)10-18/h4-10,24,32H,11-12,14H2,1-3H3,(H,31,34). The van der Waals surface area contributed by atoms with Gasteiger partial charge < -0.3 is 15.4 Å². The fourth-order valence-electron chi connectivity index (χ4n) is 4.58. The van der Waals surface area contributed by atoms with Crippen LogP contribution in [0.4, 0.5) is 5.69 Å². The van der Waals surface area contributed by atoms with E-state index in [-0.39, 0.29) is 22.9 Å². The molecule has 2 N–H and O–H groups in total. The van der Waals surface area contributed by atoms with Crippen LogP contribution in [-0.2, 0) is 9.59 Å². The largest absolute Gasteiger partial charge is 0.497 e. The second-order valence-corrected chi connectivity index (χ2v) is 11.4. The Morgan fingerprint density at radius 3 is 2.47 bits per heavy atom. The molecule has 0 fully saturated rings. The number of nitrogens with zero attached hydrogens (tertiary/aromatic N) is 1. The summed E-state index contributed by atoms with van der Waals surface area (Å²) in [4.78, 5) is 26.0. The van der Waals surface area contributed by atoms with Crippen LogP contribution in [-0.4, -0.2) is 24.6 Å². The molecule has 0 saturated heterocycles. The van der Waals surface area contributed by atoms with Crippen LogP contribution >= 0.6 is 35.0 Å². The molecule has 6 nitrogen and oxygen atoms in total. The maximum atomic E-state index is 13.3. The molecule has 2 aliphatic rings. The molecule has 2 aromatic rings. The molecular formula is C27H25Cl2N3O3S. The number of amides is 1. The predicted octanol–water partition coefficient (Wildman–Crippen LogP) is 6.44. The molecule has 1 aliphatic carbocycles. The van der Waals surface area contributed by atoms with Gasteiger partial charge in [0, 0.05) is 33.4 Å². The lowest BCUT2D eigenvalue weighted by Gasteiger charge is -2.39. The number of nitriles is 1. The normalized spacial score (nSPS) is 18.8. The molecular weight excluding hydrogens is 517 g/mol. The average molecular weight is 542 g/mol. The molecule has 9 heteroatoms. The number of ketones is 1. The Hall–Kier alpha value is -2.92. The number of methoxy groups -OCH3 is 1. The predicted molar refractivity (Wildman–Crippen MR) is 144 cm³/mol. The number of carbonyl (C=O) groups excluding carboxylic acids is 2. The minimum Gasteiger partial charge on any atom is -0.497 e. The van der Waals surface area contributed by atoms with E-state index in [2.05, 4.69) is 30.6 Å². The Morgan fingerprint density at radius 2 is 1.86 bits per heavy atom. The van der Waals surface area contributed by atoms with Gasteiger partial charge in [-0.1, -0.05) is 60.9 Å². The summed E-state index contributed by atoms with van der Waals surface area (Å²) in [5, 5.41) is 17.7. The molecule has 0 spiro atoms. The Kier molecular flexibility index (Phi) is 7.70. The first-order valence-electron chi connectivity index (χ1n) is 11.3. The van der Waals surface area contributed by atoms with Gasteiger partial charge in [-0.15, -0.1) is 0 Å². The van der Waals surface area contributed by atoms with E-state index in [0.29, 0.717) is 50.5 Å². The number of dihydropyridines is 1. The van der Waals surface area contributed by atoms with E-state index in [1.165, 1.54) is 11.8 Å². The molecule has 186 valence electrons. The second-order valence-electron chi connectivity index (χ2n) is 9.51. The van der Waals surface area contributed by atoms with Gasteiger partial charge in [0.2, 0.25) is 5.91 Å². The number of halogens is 2. The number of rotatable bonds is 6. The summed E-state index contributed by atoms with van der Waals surface area (Å²) in [5.74, 6) is -0.0222. The zero-order chi connectivity index (χ0) is 26.0. The molecule has 0 aromatic heterocycles. The Balaban J connectivity index is 1.65. The van der Waals surface area contributed by atoms with Crippen LogP contribution in [0.15, 0.2) is 64.3 Å². The van der Waals surface area contributed by atoms with Gasteiger partial charge in [0.05, 0.1) is 35.5 Å². The minimum absolute atomic E-state index is 0.0296. The van der Waals surface area contributed by atoms with Crippen molar-refractivity contribution in [2.45, 2.75) is 32.6 Å². The summed E-state index contributed by atoms with van der Waals surface area (Å²) in [6.07, 6.45) is 1.07. The molecule has 1 aliphatic heterocycles. The third kappa shape index (κ3) is 5.73. The molecule has 36 heavy (non-hydrogen) atoms. The highest BCUT2D eigenvalue weighted by Gasteiger charge is 2.42.